The molecule has 0 aromatic rings. The topological polar surface area (TPSA) is 12.0 Å². The van der Waals surface area contributed by atoms with Gasteiger partial charge in [-0.15, -0.1) is 0 Å². The van der Waals surface area contributed by atoms with Crippen LogP contribution in [-0.2, 0) is 0 Å². The normalized spacial score (nSPS) is 28.2. The van der Waals surface area contributed by atoms with Gasteiger partial charge in [0.2, 0.25) is 0 Å². The van der Waals surface area contributed by atoms with E-state index in [1.165, 1.54) is 45.1 Å². The molecule has 2 fully saturated rings. The van der Waals surface area contributed by atoms with E-state index in [0.29, 0.717) is 5.41 Å². The van der Waals surface area contributed by atoms with E-state index in [0.717, 1.165) is 12.0 Å². The predicted octanol–water partition coefficient (Wildman–Crippen LogP) is 2.95. The van der Waals surface area contributed by atoms with Gasteiger partial charge in [0.1, 0.15) is 0 Å². The summed E-state index contributed by atoms with van der Waals surface area (Å²) in [6, 6.07) is 0.755. The van der Waals surface area contributed by atoms with Crippen LogP contribution < -0.4 is 5.32 Å². The SMILES string of the molecule is CC(CC1CC1)NCC1(C)CCC1. The van der Waals surface area contributed by atoms with Crippen LogP contribution in [-0.4, -0.2) is 12.6 Å². The second kappa shape index (κ2) is 3.61. The van der Waals surface area contributed by atoms with E-state index >= 15 is 0 Å². The summed E-state index contributed by atoms with van der Waals surface area (Å²) >= 11 is 0. The first kappa shape index (κ1) is 9.51. The van der Waals surface area contributed by atoms with Crippen LogP contribution in [0.5, 0.6) is 0 Å². The molecule has 0 spiro atoms. The van der Waals surface area contributed by atoms with Crippen molar-refractivity contribution in [3.8, 4) is 0 Å². The summed E-state index contributed by atoms with van der Waals surface area (Å²) in [5, 5.41) is 3.70. The Bertz CT molecular complexity index is 168. The van der Waals surface area contributed by atoms with Crippen molar-refractivity contribution in [1.29, 1.82) is 0 Å². The quantitative estimate of drug-likeness (QED) is 0.687. The standard InChI is InChI=1S/C12H23N/c1-10(8-11-4-5-11)13-9-12(2)6-3-7-12/h10-11,13H,3-9H2,1-2H3. The molecule has 2 aliphatic carbocycles. The monoisotopic (exact) mass is 181 g/mol. The Balaban J connectivity index is 1.60. The third-order valence-electron chi connectivity index (χ3n) is 3.82. The minimum absolute atomic E-state index is 0.651. The Morgan fingerprint density at radius 3 is 2.54 bits per heavy atom. The van der Waals surface area contributed by atoms with Crippen LogP contribution in [0.3, 0.4) is 0 Å². The molecular weight excluding hydrogens is 158 g/mol. The van der Waals surface area contributed by atoms with E-state index in [4.69, 9.17) is 0 Å². The second-order valence-electron chi connectivity index (χ2n) is 5.63. The molecular formula is C12H23N. The van der Waals surface area contributed by atoms with E-state index in [1.54, 1.807) is 0 Å². The number of hydrogen-bond donors (Lipinski definition) is 1. The molecule has 0 bridgehead atoms. The lowest BCUT2D eigenvalue weighted by Crippen LogP contribution is -2.41. The van der Waals surface area contributed by atoms with Gasteiger partial charge in [-0.3, -0.25) is 0 Å². The maximum Gasteiger partial charge on any atom is 0.00415 e. The Hall–Kier alpha value is -0.0400. The second-order valence-corrected chi connectivity index (χ2v) is 5.63. The summed E-state index contributed by atoms with van der Waals surface area (Å²) in [4.78, 5) is 0. The lowest BCUT2D eigenvalue weighted by molar-refractivity contribution is 0.150. The molecule has 1 N–H and O–H groups in total. The fraction of sp³-hybridized carbons (Fsp3) is 1.00. The smallest absolute Gasteiger partial charge is 0.00415 e. The van der Waals surface area contributed by atoms with E-state index in [1.807, 2.05) is 0 Å². The number of nitrogens with one attached hydrogen (secondary N) is 1. The third kappa shape index (κ3) is 2.70. The Kier molecular flexibility index (Phi) is 2.64. The van der Waals surface area contributed by atoms with Crippen LogP contribution >= 0.6 is 0 Å². The summed E-state index contributed by atoms with van der Waals surface area (Å²) < 4.78 is 0. The van der Waals surface area contributed by atoms with Gasteiger partial charge in [0.25, 0.3) is 0 Å². The van der Waals surface area contributed by atoms with Gasteiger partial charge in [0.15, 0.2) is 0 Å². The minimum atomic E-state index is 0.651. The largest absolute Gasteiger partial charge is 0.314 e. The molecule has 0 aliphatic heterocycles. The van der Waals surface area contributed by atoms with Gasteiger partial charge >= 0.3 is 0 Å². The van der Waals surface area contributed by atoms with Crippen LogP contribution in [0.4, 0.5) is 0 Å². The molecule has 1 atom stereocenters. The van der Waals surface area contributed by atoms with Crippen molar-refractivity contribution >= 4 is 0 Å². The Morgan fingerprint density at radius 2 is 2.08 bits per heavy atom. The van der Waals surface area contributed by atoms with E-state index < -0.39 is 0 Å². The summed E-state index contributed by atoms with van der Waals surface area (Å²) in [5.74, 6) is 1.07. The van der Waals surface area contributed by atoms with Crippen molar-refractivity contribution in [2.24, 2.45) is 11.3 Å². The van der Waals surface area contributed by atoms with Crippen molar-refractivity contribution in [2.45, 2.75) is 58.4 Å². The molecule has 1 heteroatoms. The molecule has 0 heterocycles. The van der Waals surface area contributed by atoms with E-state index in [-0.39, 0.29) is 0 Å². The zero-order valence-corrected chi connectivity index (χ0v) is 9.10. The minimum Gasteiger partial charge on any atom is -0.314 e. The highest BCUT2D eigenvalue weighted by Gasteiger charge is 2.32. The molecule has 2 saturated carbocycles. The van der Waals surface area contributed by atoms with Crippen LogP contribution in [0.25, 0.3) is 0 Å². The zero-order valence-electron chi connectivity index (χ0n) is 9.10. The highest BCUT2D eigenvalue weighted by atomic mass is 14.9. The molecule has 1 nitrogen and oxygen atoms in total. The van der Waals surface area contributed by atoms with Crippen molar-refractivity contribution < 1.29 is 0 Å². The molecule has 2 rings (SSSR count). The maximum absolute atomic E-state index is 3.70. The fourth-order valence-corrected chi connectivity index (χ4v) is 2.31. The molecule has 1 unspecified atom stereocenters. The fourth-order valence-electron chi connectivity index (χ4n) is 2.31. The molecule has 13 heavy (non-hydrogen) atoms. The third-order valence-corrected chi connectivity index (χ3v) is 3.82. The van der Waals surface area contributed by atoms with Crippen molar-refractivity contribution in [1.82, 2.24) is 5.32 Å². The predicted molar refractivity (Wildman–Crippen MR) is 56.8 cm³/mol. The van der Waals surface area contributed by atoms with Crippen LogP contribution in [0.1, 0.15) is 52.4 Å². The number of rotatable bonds is 5. The highest BCUT2D eigenvalue weighted by Crippen LogP contribution is 2.40. The number of hydrogen-bond acceptors (Lipinski definition) is 1. The molecule has 0 radical (unpaired) electrons. The average Bonchev–Trinajstić information content (AvgIpc) is 2.81. The van der Waals surface area contributed by atoms with Gasteiger partial charge in [0.05, 0.1) is 0 Å². The summed E-state index contributed by atoms with van der Waals surface area (Å²) in [6.07, 6.45) is 8.73. The van der Waals surface area contributed by atoms with Gasteiger partial charge in [-0.1, -0.05) is 26.2 Å². The summed E-state index contributed by atoms with van der Waals surface area (Å²) in [6.45, 7) is 6.02. The van der Waals surface area contributed by atoms with Gasteiger partial charge in [-0.2, -0.15) is 0 Å². The highest BCUT2D eigenvalue weighted by molar-refractivity contribution is 4.87. The van der Waals surface area contributed by atoms with E-state index in [9.17, 15) is 0 Å². The van der Waals surface area contributed by atoms with E-state index in [2.05, 4.69) is 19.2 Å². The van der Waals surface area contributed by atoms with Gasteiger partial charge in [-0.25, -0.2) is 0 Å². The van der Waals surface area contributed by atoms with Crippen LogP contribution in [0.15, 0.2) is 0 Å². The molecule has 0 amide bonds. The molecule has 0 saturated heterocycles. The molecule has 0 aromatic heterocycles. The van der Waals surface area contributed by atoms with Crippen molar-refractivity contribution in [2.75, 3.05) is 6.54 Å². The first-order valence-electron chi connectivity index (χ1n) is 5.91. The lowest BCUT2D eigenvalue weighted by Gasteiger charge is -2.39. The molecule has 76 valence electrons. The Labute approximate surface area is 82.3 Å². The lowest BCUT2D eigenvalue weighted by atomic mass is 9.70. The average molecular weight is 181 g/mol. The summed E-state index contributed by atoms with van der Waals surface area (Å²) in [7, 11) is 0. The first-order valence-corrected chi connectivity index (χ1v) is 5.91. The van der Waals surface area contributed by atoms with Crippen LogP contribution in [0.2, 0.25) is 0 Å². The van der Waals surface area contributed by atoms with Gasteiger partial charge < -0.3 is 5.32 Å². The van der Waals surface area contributed by atoms with Crippen LogP contribution in [0, 0.1) is 11.3 Å². The van der Waals surface area contributed by atoms with Gasteiger partial charge in [0, 0.05) is 12.6 Å². The molecule has 0 aromatic carbocycles. The first-order chi connectivity index (χ1) is 6.18. The molecule has 2 aliphatic rings. The Morgan fingerprint density at radius 1 is 1.38 bits per heavy atom. The summed E-state index contributed by atoms with van der Waals surface area (Å²) in [5.41, 5.74) is 0.651. The maximum atomic E-state index is 3.70. The van der Waals surface area contributed by atoms with Crippen molar-refractivity contribution in [3.63, 3.8) is 0 Å². The zero-order chi connectivity index (χ0) is 9.31. The van der Waals surface area contributed by atoms with Gasteiger partial charge in [-0.05, 0) is 37.5 Å². The van der Waals surface area contributed by atoms with Crippen molar-refractivity contribution in [3.05, 3.63) is 0 Å².